The molecule has 0 atom stereocenters. The molecule has 3 rings (SSSR count). The molecule has 160 valence electrons. The number of carbonyl (C=O) groups excluding carboxylic acids is 3. The first-order valence-electron chi connectivity index (χ1n) is 9.72. The van der Waals surface area contributed by atoms with Crippen molar-refractivity contribution < 1.29 is 18.8 Å². The van der Waals surface area contributed by atoms with Crippen LogP contribution < -0.4 is 16.0 Å². The fraction of sp³-hybridized carbons (Fsp3) is 0.174. The zero-order valence-corrected chi connectivity index (χ0v) is 17.7. The molecule has 0 radical (unpaired) electrons. The molecule has 3 aromatic rings. The Bertz CT molecular complexity index is 1080. The lowest BCUT2D eigenvalue weighted by Crippen LogP contribution is -2.30. The van der Waals surface area contributed by atoms with Crippen molar-refractivity contribution >= 4 is 34.7 Å². The molecule has 6 nitrogen and oxygen atoms in total. The van der Waals surface area contributed by atoms with E-state index in [0.717, 1.165) is 0 Å². The van der Waals surface area contributed by atoms with Crippen LogP contribution in [-0.2, 0) is 0 Å². The molecule has 0 bridgehead atoms. The third kappa shape index (κ3) is 5.76. The second-order valence-corrected chi connectivity index (χ2v) is 7.72. The molecule has 0 fully saturated rings. The Labute approximate surface area is 183 Å². The van der Waals surface area contributed by atoms with Gasteiger partial charge in [-0.15, -0.1) is 11.3 Å². The smallest absolute Gasteiger partial charge is 0.261 e. The van der Waals surface area contributed by atoms with E-state index in [1.807, 2.05) is 11.4 Å². The molecular weight excluding hydrogens is 417 g/mol. The molecule has 2 aromatic carbocycles. The number of halogens is 1. The summed E-state index contributed by atoms with van der Waals surface area (Å²) in [7, 11) is 0. The van der Waals surface area contributed by atoms with Crippen molar-refractivity contribution in [1.29, 1.82) is 0 Å². The molecule has 0 aliphatic heterocycles. The average Bonchev–Trinajstić information content (AvgIpc) is 3.30. The van der Waals surface area contributed by atoms with E-state index in [-0.39, 0.29) is 22.9 Å². The van der Waals surface area contributed by atoms with Crippen LogP contribution in [0.5, 0.6) is 0 Å². The van der Waals surface area contributed by atoms with Gasteiger partial charge in [-0.05, 0) is 48.6 Å². The van der Waals surface area contributed by atoms with Gasteiger partial charge in [0.2, 0.25) is 0 Å². The van der Waals surface area contributed by atoms with Gasteiger partial charge in [-0.2, -0.15) is 0 Å². The molecular formula is C23H22FN3O3S. The minimum Gasteiger partial charge on any atom is -0.352 e. The highest BCUT2D eigenvalue weighted by molar-refractivity contribution is 7.12. The van der Waals surface area contributed by atoms with Crippen LogP contribution >= 0.6 is 11.3 Å². The first-order chi connectivity index (χ1) is 15.0. The van der Waals surface area contributed by atoms with E-state index < -0.39 is 11.7 Å². The maximum atomic E-state index is 13.9. The van der Waals surface area contributed by atoms with E-state index >= 15 is 0 Å². The molecule has 0 saturated carbocycles. The lowest BCUT2D eigenvalue weighted by molar-refractivity contribution is 0.0953. The summed E-state index contributed by atoms with van der Waals surface area (Å²) in [5.74, 6) is -1.77. The summed E-state index contributed by atoms with van der Waals surface area (Å²) < 4.78 is 13.9. The number of hydrogen-bond acceptors (Lipinski definition) is 4. The molecule has 0 aliphatic rings. The van der Waals surface area contributed by atoms with Crippen molar-refractivity contribution in [2.75, 3.05) is 18.4 Å². The predicted molar refractivity (Wildman–Crippen MR) is 119 cm³/mol. The number of thiophene rings is 1. The van der Waals surface area contributed by atoms with Crippen molar-refractivity contribution in [3.05, 3.63) is 87.4 Å². The van der Waals surface area contributed by atoms with E-state index in [1.165, 1.54) is 29.5 Å². The largest absolute Gasteiger partial charge is 0.352 e. The molecule has 31 heavy (non-hydrogen) atoms. The molecule has 0 spiro atoms. The second kappa shape index (κ2) is 10.5. The van der Waals surface area contributed by atoms with Crippen LogP contribution in [0.25, 0.3) is 0 Å². The summed E-state index contributed by atoms with van der Waals surface area (Å²) >= 11 is 1.36. The van der Waals surface area contributed by atoms with Crippen LogP contribution in [0.15, 0.2) is 60.0 Å². The van der Waals surface area contributed by atoms with Gasteiger partial charge >= 0.3 is 0 Å². The van der Waals surface area contributed by atoms with E-state index in [4.69, 9.17) is 0 Å². The van der Waals surface area contributed by atoms with Crippen molar-refractivity contribution in [2.45, 2.75) is 13.3 Å². The van der Waals surface area contributed by atoms with Gasteiger partial charge in [0.1, 0.15) is 5.82 Å². The third-order valence-corrected chi connectivity index (χ3v) is 5.41. The van der Waals surface area contributed by atoms with Gasteiger partial charge in [0, 0.05) is 13.1 Å². The molecule has 1 heterocycles. The van der Waals surface area contributed by atoms with E-state index in [0.29, 0.717) is 35.6 Å². The van der Waals surface area contributed by atoms with Crippen molar-refractivity contribution in [3.8, 4) is 0 Å². The molecule has 3 N–H and O–H groups in total. The fourth-order valence-electron chi connectivity index (χ4n) is 2.93. The molecule has 8 heteroatoms. The number of rotatable bonds is 8. The number of aryl methyl sites for hydroxylation is 1. The van der Waals surface area contributed by atoms with Gasteiger partial charge in [0.05, 0.1) is 21.7 Å². The Morgan fingerprint density at radius 3 is 2.26 bits per heavy atom. The van der Waals surface area contributed by atoms with Gasteiger partial charge in [-0.1, -0.05) is 30.3 Å². The first-order valence-corrected chi connectivity index (χ1v) is 10.6. The highest BCUT2D eigenvalue weighted by atomic mass is 32.1. The highest BCUT2D eigenvalue weighted by Crippen LogP contribution is 2.22. The zero-order valence-electron chi connectivity index (χ0n) is 16.9. The topological polar surface area (TPSA) is 87.3 Å². The summed E-state index contributed by atoms with van der Waals surface area (Å²) in [6, 6.07) is 14.3. The van der Waals surface area contributed by atoms with Crippen LogP contribution in [0.1, 0.15) is 42.4 Å². The number of hydrogen-bond donors (Lipinski definition) is 3. The number of nitrogens with one attached hydrogen (secondary N) is 3. The fourth-order valence-corrected chi connectivity index (χ4v) is 3.57. The van der Waals surface area contributed by atoms with Gasteiger partial charge in [-0.25, -0.2) is 4.39 Å². The van der Waals surface area contributed by atoms with Gasteiger partial charge in [0.15, 0.2) is 0 Å². The lowest BCUT2D eigenvalue weighted by Gasteiger charge is -2.14. The van der Waals surface area contributed by atoms with Gasteiger partial charge < -0.3 is 16.0 Å². The Morgan fingerprint density at radius 1 is 0.839 bits per heavy atom. The second-order valence-electron chi connectivity index (χ2n) is 6.77. The summed E-state index contributed by atoms with van der Waals surface area (Å²) in [6.07, 6.45) is 0.547. The summed E-state index contributed by atoms with van der Waals surface area (Å²) in [4.78, 5) is 37.7. The van der Waals surface area contributed by atoms with E-state index in [1.54, 1.807) is 37.3 Å². The lowest BCUT2D eigenvalue weighted by atomic mass is 10.1. The Balaban J connectivity index is 1.57. The Hall–Kier alpha value is -3.52. The van der Waals surface area contributed by atoms with Crippen LogP contribution in [0.3, 0.4) is 0 Å². The van der Waals surface area contributed by atoms with E-state index in [9.17, 15) is 18.8 Å². The van der Waals surface area contributed by atoms with Crippen LogP contribution in [0.2, 0.25) is 0 Å². The standard InChI is InChI=1S/C23H22FN3O3S/c1-15-7-4-9-17(20(15)27-22(29)16-8-2-3-10-18(16)24)21(28)25-12-6-13-26-23(30)19-11-5-14-31-19/h2-5,7-11,14H,6,12-13H2,1H3,(H,25,28)(H,26,30)(H,27,29). The number of amides is 3. The van der Waals surface area contributed by atoms with Gasteiger partial charge in [0.25, 0.3) is 17.7 Å². The number of para-hydroxylation sites is 1. The summed E-state index contributed by atoms with van der Waals surface area (Å²) in [5.41, 5.74) is 1.20. The average molecular weight is 440 g/mol. The SMILES string of the molecule is Cc1cccc(C(=O)NCCCNC(=O)c2cccs2)c1NC(=O)c1ccccc1F. The van der Waals surface area contributed by atoms with Gasteiger partial charge in [-0.3, -0.25) is 14.4 Å². The monoisotopic (exact) mass is 439 g/mol. The Kier molecular flexibility index (Phi) is 7.50. The maximum absolute atomic E-state index is 13.9. The number of anilines is 1. The predicted octanol–water partition coefficient (Wildman–Crippen LogP) is 4.00. The number of carbonyl (C=O) groups is 3. The molecule has 3 amide bonds. The maximum Gasteiger partial charge on any atom is 0.261 e. The zero-order chi connectivity index (χ0) is 22.2. The molecule has 1 aromatic heterocycles. The molecule has 0 saturated heterocycles. The normalized spacial score (nSPS) is 10.4. The van der Waals surface area contributed by atoms with Crippen molar-refractivity contribution in [2.24, 2.45) is 0 Å². The molecule has 0 aliphatic carbocycles. The van der Waals surface area contributed by atoms with Crippen LogP contribution in [0.4, 0.5) is 10.1 Å². The molecule has 0 unspecified atom stereocenters. The van der Waals surface area contributed by atoms with Crippen molar-refractivity contribution in [3.63, 3.8) is 0 Å². The van der Waals surface area contributed by atoms with E-state index in [2.05, 4.69) is 16.0 Å². The quantitative estimate of drug-likeness (QED) is 0.464. The van der Waals surface area contributed by atoms with Crippen LogP contribution in [-0.4, -0.2) is 30.8 Å². The minimum absolute atomic E-state index is 0.0985. The minimum atomic E-state index is -0.635. The summed E-state index contributed by atoms with van der Waals surface area (Å²) in [5, 5.41) is 10.1. The third-order valence-electron chi connectivity index (χ3n) is 4.54. The summed E-state index contributed by atoms with van der Waals surface area (Å²) in [6.45, 7) is 2.52. The first kappa shape index (κ1) is 22.2. The number of benzene rings is 2. The highest BCUT2D eigenvalue weighted by Gasteiger charge is 2.18. The Morgan fingerprint density at radius 2 is 1.55 bits per heavy atom. The van der Waals surface area contributed by atoms with Crippen LogP contribution in [0, 0.1) is 12.7 Å². The van der Waals surface area contributed by atoms with Crippen molar-refractivity contribution in [1.82, 2.24) is 10.6 Å².